The van der Waals surface area contributed by atoms with Crippen LogP contribution < -0.4 is 0 Å². The van der Waals surface area contributed by atoms with E-state index in [-0.39, 0.29) is 5.91 Å². The molecule has 1 aliphatic heterocycles. The molecule has 2 aromatic rings. The summed E-state index contributed by atoms with van der Waals surface area (Å²) in [6, 6.07) is 4.21. The summed E-state index contributed by atoms with van der Waals surface area (Å²) in [6.07, 6.45) is 6.47. The number of aromatic nitrogens is 2. The molecule has 0 N–H and O–H groups in total. The number of hydrogen-bond acceptors (Lipinski definition) is 4. The van der Waals surface area contributed by atoms with Gasteiger partial charge >= 0.3 is 0 Å². The minimum absolute atomic E-state index is 0.242. The Bertz CT molecular complexity index is 702. The molecular weight excluding hydrogens is 314 g/mol. The molecule has 0 bridgehead atoms. The zero-order valence-electron chi connectivity index (χ0n) is 15.4. The molecular formula is C20H27N3O2. The second kappa shape index (κ2) is 7.81. The van der Waals surface area contributed by atoms with E-state index in [0.717, 1.165) is 48.6 Å². The van der Waals surface area contributed by atoms with Crippen LogP contribution in [0.4, 0.5) is 0 Å². The molecule has 1 saturated heterocycles. The third kappa shape index (κ3) is 4.47. The van der Waals surface area contributed by atoms with Crippen molar-refractivity contribution >= 4 is 5.91 Å². The lowest BCUT2D eigenvalue weighted by molar-refractivity contribution is -0.132. The van der Waals surface area contributed by atoms with E-state index in [1.54, 1.807) is 0 Å². The Kier molecular flexibility index (Phi) is 5.51. The number of likely N-dealkylation sites (tertiary alicyclic amines) is 1. The van der Waals surface area contributed by atoms with E-state index in [0.29, 0.717) is 18.8 Å². The fourth-order valence-corrected chi connectivity index (χ4v) is 3.66. The molecule has 0 saturated carbocycles. The Hall–Kier alpha value is -2.17. The quantitative estimate of drug-likeness (QED) is 0.836. The molecule has 5 nitrogen and oxygen atoms in total. The molecule has 0 spiro atoms. The zero-order valence-corrected chi connectivity index (χ0v) is 15.4. The maximum atomic E-state index is 12.6. The van der Waals surface area contributed by atoms with Crippen LogP contribution >= 0.6 is 0 Å². The number of hydrogen-bond donors (Lipinski definition) is 0. The van der Waals surface area contributed by atoms with E-state index in [1.807, 2.05) is 31.9 Å². The number of nitrogens with zero attached hydrogens (tertiary/aromatic N) is 3. The van der Waals surface area contributed by atoms with Crippen LogP contribution in [0.1, 0.15) is 47.5 Å². The lowest BCUT2D eigenvalue weighted by Gasteiger charge is -2.33. The minimum atomic E-state index is 0.242. The maximum Gasteiger partial charge on any atom is 0.222 e. The number of carbonyl (C=O) groups is 1. The van der Waals surface area contributed by atoms with Crippen LogP contribution in [0, 0.1) is 26.7 Å². The Morgan fingerprint density at radius 2 is 2.16 bits per heavy atom. The molecule has 2 aromatic heterocycles. The van der Waals surface area contributed by atoms with Crippen molar-refractivity contribution in [2.45, 2.75) is 52.9 Å². The smallest absolute Gasteiger partial charge is 0.222 e. The predicted octanol–water partition coefficient (Wildman–Crippen LogP) is 3.41. The van der Waals surface area contributed by atoms with Gasteiger partial charge in [-0.15, -0.1) is 0 Å². The van der Waals surface area contributed by atoms with Gasteiger partial charge in [0.05, 0.1) is 5.69 Å². The van der Waals surface area contributed by atoms with Crippen molar-refractivity contribution in [3.63, 3.8) is 0 Å². The van der Waals surface area contributed by atoms with Crippen LogP contribution in [0.25, 0.3) is 0 Å². The Labute approximate surface area is 149 Å². The highest BCUT2D eigenvalue weighted by Gasteiger charge is 2.24. The first-order chi connectivity index (χ1) is 12.0. The van der Waals surface area contributed by atoms with Crippen LogP contribution in [0.3, 0.4) is 0 Å². The van der Waals surface area contributed by atoms with Crippen molar-refractivity contribution < 1.29 is 9.32 Å². The average Bonchev–Trinajstić information content (AvgIpc) is 2.93. The van der Waals surface area contributed by atoms with Gasteiger partial charge in [0, 0.05) is 37.0 Å². The van der Waals surface area contributed by atoms with Crippen molar-refractivity contribution in [1.29, 1.82) is 0 Å². The van der Waals surface area contributed by atoms with Gasteiger partial charge in [0.1, 0.15) is 5.76 Å². The molecule has 1 atom stereocenters. The Balaban J connectivity index is 1.53. The fourth-order valence-electron chi connectivity index (χ4n) is 3.66. The zero-order chi connectivity index (χ0) is 17.8. The summed E-state index contributed by atoms with van der Waals surface area (Å²) in [5.74, 6) is 1.60. The van der Waals surface area contributed by atoms with Crippen LogP contribution in [0.15, 0.2) is 22.9 Å². The molecule has 3 heterocycles. The van der Waals surface area contributed by atoms with Crippen molar-refractivity contribution in [2.75, 3.05) is 13.1 Å². The van der Waals surface area contributed by atoms with Gasteiger partial charge < -0.3 is 9.42 Å². The molecule has 134 valence electrons. The second-order valence-electron chi connectivity index (χ2n) is 7.16. The predicted molar refractivity (Wildman–Crippen MR) is 96.3 cm³/mol. The molecule has 1 aliphatic rings. The van der Waals surface area contributed by atoms with Gasteiger partial charge in [0.25, 0.3) is 0 Å². The molecule has 0 aromatic carbocycles. The molecule has 5 heteroatoms. The van der Waals surface area contributed by atoms with Crippen LogP contribution in [0.5, 0.6) is 0 Å². The van der Waals surface area contributed by atoms with Gasteiger partial charge in [-0.25, -0.2) is 0 Å². The molecule has 0 aliphatic carbocycles. The number of piperidine rings is 1. The monoisotopic (exact) mass is 341 g/mol. The van der Waals surface area contributed by atoms with Crippen LogP contribution in [-0.4, -0.2) is 34.0 Å². The van der Waals surface area contributed by atoms with E-state index in [4.69, 9.17) is 4.52 Å². The number of carbonyl (C=O) groups excluding carboxylic acids is 1. The number of amides is 1. The third-order valence-electron chi connectivity index (χ3n) is 5.14. The van der Waals surface area contributed by atoms with Crippen LogP contribution in [-0.2, 0) is 17.6 Å². The highest BCUT2D eigenvalue weighted by Crippen LogP contribution is 2.22. The van der Waals surface area contributed by atoms with Crippen molar-refractivity contribution in [3.8, 4) is 0 Å². The molecule has 3 rings (SSSR count). The van der Waals surface area contributed by atoms with Crippen molar-refractivity contribution in [2.24, 2.45) is 5.92 Å². The standard InChI is InChI=1S/C20H27N3O2/c1-14-6-7-17(12-21-14)11-18-5-4-10-23(13-18)20(24)9-8-19-15(2)22-25-16(19)3/h6-7,12,18H,4-5,8-11,13H2,1-3H3/t18-/m1/s1. The molecule has 1 amide bonds. The van der Waals surface area contributed by atoms with E-state index >= 15 is 0 Å². The normalized spacial score (nSPS) is 17.7. The number of aryl methyl sites for hydroxylation is 3. The van der Waals surface area contributed by atoms with E-state index in [2.05, 4.69) is 22.3 Å². The first-order valence-electron chi connectivity index (χ1n) is 9.14. The second-order valence-corrected chi connectivity index (χ2v) is 7.16. The topological polar surface area (TPSA) is 59.2 Å². The van der Waals surface area contributed by atoms with E-state index in [9.17, 15) is 4.79 Å². The fraction of sp³-hybridized carbons (Fsp3) is 0.550. The van der Waals surface area contributed by atoms with Gasteiger partial charge in [0.2, 0.25) is 5.91 Å². The van der Waals surface area contributed by atoms with Gasteiger partial charge in [-0.3, -0.25) is 9.78 Å². The minimum Gasteiger partial charge on any atom is -0.361 e. The Morgan fingerprint density at radius 3 is 2.84 bits per heavy atom. The summed E-state index contributed by atoms with van der Waals surface area (Å²) in [4.78, 5) is 19.0. The highest BCUT2D eigenvalue weighted by molar-refractivity contribution is 5.76. The van der Waals surface area contributed by atoms with Gasteiger partial charge in [-0.05, 0) is 64.0 Å². The lowest BCUT2D eigenvalue weighted by Crippen LogP contribution is -2.40. The first kappa shape index (κ1) is 17.6. The van der Waals surface area contributed by atoms with Crippen molar-refractivity contribution in [1.82, 2.24) is 15.0 Å². The summed E-state index contributed by atoms with van der Waals surface area (Å²) in [6.45, 7) is 7.58. The molecule has 1 fully saturated rings. The third-order valence-corrected chi connectivity index (χ3v) is 5.14. The van der Waals surface area contributed by atoms with Gasteiger partial charge in [-0.2, -0.15) is 0 Å². The summed E-state index contributed by atoms with van der Waals surface area (Å²) >= 11 is 0. The molecule has 0 radical (unpaired) electrons. The number of rotatable bonds is 5. The maximum absolute atomic E-state index is 12.6. The summed E-state index contributed by atoms with van der Waals surface area (Å²) < 4.78 is 5.18. The molecule has 25 heavy (non-hydrogen) atoms. The van der Waals surface area contributed by atoms with Crippen LogP contribution in [0.2, 0.25) is 0 Å². The summed E-state index contributed by atoms with van der Waals surface area (Å²) in [7, 11) is 0. The Morgan fingerprint density at radius 1 is 1.32 bits per heavy atom. The molecule has 0 unspecified atom stereocenters. The summed E-state index contributed by atoms with van der Waals surface area (Å²) in [5, 5.41) is 3.97. The first-order valence-corrected chi connectivity index (χ1v) is 9.14. The van der Waals surface area contributed by atoms with E-state index in [1.165, 1.54) is 12.0 Å². The van der Waals surface area contributed by atoms with E-state index < -0.39 is 0 Å². The van der Waals surface area contributed by atoms with Gasteiger partial charge in [0.15, 0.2) is 0 Å². The van der Waals surface area contributed by atoms with Crippen molar-refractivity contribution in [3.05, 3.63) is 46.6 Å². The van der Waals surface area contributed by atoms with Gasteiger partial charge in [-0.1, -0.05) is 11.2 Å². The largest absolute Gasteiger partial charge is 0.361 e. The SMILES string of the molecule is Cc1ccc(C[C@H]2CCCN(C(=O)CCc3c(C)noc3C)C2)cn1. The number of pyridine rings is 1. The average molecular weight is 341 g/mol. The lowest BCUT2D eigenvalue weighted by atomic mass is 9.91. The highest BCUT2D eigenvalue weighted by atomic mass is 16.5. The summed E-state index contributed by atoms with van der Waals surface area (Å²) in [5.41, 5.74) is 4.28.